The Labute approximate surface area is 206 Å². The third-order valence-electron chi connectivity index (χ3n) is 5.24. The van der Waals surface area contributed by atoms with Crippen LogP contribution in [0.5, 0.6) is 11.5 Å². The molecular formula is C26H28ClNO5S. The second-order valence-electron chi connectivity index (χ2n) is 8.86. The van der Waals surface area contributed by atoms with E-state index in [1.807, 2.05) is 19.1 Å². The molecule has 0 aliphatic heterocycles. The van der Waals surface area contributed by atoms with Crippen LogP contribution in [0.25, 0.3) is 0 Å². The lowest BCUT2D eigenvalue weighted by Crippen LogP contribution is -2.40. The molecule has 0 bridgehead atoms. The summed E-state index contributed by atoms with van der Waals surface area (Å²) >= 11 is 6.23. The van der Waals surface area contributed by atoms with Gasteiger partial charge in [-0.3, -0.25) is 4.79 Å². The number of hydrogen-bond donors (Lipinski definition) is 0. The van der Waals surface area contributed by atoms with Crippen molar-refractivity contribution in [3.05, 3.63) is 82.9 Å². The number of benzene rings is 3. The van der Waals surface area contributed by atoms with Gasteiger partial charge in [0, 0.05) is 0 Å². The summed E-state index contributed by atoms with van der Waals surface area (Å²) in [5.41, 5.74) is 2.07. The Morgan fingerprint density at radius 2 is 1.59 bits per heavy atom. The Morgan fingerprint density at radius 1 is 0.971 bits per heavy atom. The lowest BCUT2D eigenvalue weighted by atomic mass is 9.87. The first kappa shape index (κ1) is 25.6. The first-order chi connectivity index (χ1) is 15.9. The second-order valence-corrected chi connectivity index (χ2v) is 11.1. The average Bonchev–Trinajstić information content (AvgIpc) is 2.78. The van der Waals surface area contributed by atoms with Gasteiger partial charge in [0.05, 0.1) is 22.7 Å². The highest BCUT2D eigenvalue weighted by atomic mass is 35.5. The number of halogens is 1. The molecule has 6 nitrogen and oxygen atoms in total. The number of methoxy groups -OCH3 is 1. The van der Waals surface area contributed by atoms with Crippen molar-refractivity contribution in [2.45, 2.75) is 38.0 Å². The summed E-state index contributed by atoms with van der Waals surface area (Å²) in [6.45, 7) is 7.66. The summed E-state index contributed by atoms with van der Waals surface area (Å²) in [6, 6.07) is 18.0. The molecule has 1 amide bonds. The Morgan fingerprint density at radius 3 is 2.12 bits per heavy atom. The first-order valence-corrected chi connectivity index (χ1v) is 12.5. The smallest absolute Gasteiger partial charge is 0.278 e. The van der Waals surface area contributed by atoms with Crippen LogP contribution in [0, 0.1) is 6.92 Å². The zero-order valence-corrected chi connectivity index (χ0v) is 21.4. The molecule has 0 spiro atoms. The largest absolute Gasteiger partial charge is 0.495 e. The maximum Gasteiger partial charge on any atom is 0.278 e. The molecule has 180 valence electrons. The highest BCUT2D eigenvalue weighted by Gasteiger charge is 2.32. The topological polar surface area (TPSA) is 72.9 Å². The Hall–Kier alpha value is -3.03. The summed E-state index contributed by atoms with van der Waals surface area (Å²) in [6.07, 6.45) is 0. The Balaban J connectivity index is 1.94. The molecule has 0 atom stereocenters. The minimum atomic E-state index is -4.23. The summed E-state index contributed by atoms with van der Waals surface area (Å²) in [5.74, 6) is 0.0595. The van der Waals surface area contributed by atoms with Gasteiger partial charge in [0.1, 0.15) is 11.5 Å². The minimum Gasteiger partial charge on any atom is -0.495 e. The molecule has 0 heterocycles. The Bertz CT molecular complexity index is 1260. The highest BCUT2D eigenvalue weighted by Crippen LogP contribution is 2.32. The lowest BCUT2D eigenvalue weighted by Gasteiger charge is -2.23. The predicted molar refractivity (Wildman–Crippen MR) is 134 cm³/mol. The first-order valence-electron chi connectivity index (χ1n) is 10.6. The van der Waals surface area contributed by atoms with Crippen molar-refractivity contribution >= 4 is 33.2 Å². The monoisotopic (exact) mass is 501 g/mol. The van der Waals surface area contributed by atoms with Gasteiger partial charge in [0.15, 0.2) is 6.61 Å². The molecule has 8 heteroatoms. The van der Waals surface area contributed by atoms with E-state index in [9.17, 15) is 13.2 Å². The number of rotatable bonds is 7. The molecule has 0 aromatic heterocycles. The molecule has 0 unspecified atom stereocenters. The summed E-state index contributed by atoms with van der Waals surface area (Å²) in [7, 11) is -2.78. The molecule has 34 heavy (non-hydrogen) atoms. The molecule has 0 saturated heterocycles. The fraction of sp³-hybridized carbons (Fsp3) is 0.269. The van der Waals surface area contributed by atoms with Crippen molar-refractivity contribution in [2.75, 3.05) is 18.0 Å². The normalized spacial score (nSPS) is 11.7. The van der Waals surface area contributed by atoms with E-state index in [0.29, 0.717) is 15.8 Å². The number of carbonyl (C=O) groups is 1. The van der Waals surface area contributed by atoms with Gasteiger partial charge in [-0.1, -0.05) is 62.2 Å². The predicted octanol–water partition coefficient (Wildman–Crippen LogP) is 5.76. The average molecular weight is 502 g/mol. The molecule has 3 aromatic rings. The highest BCUT2D eigenvalue weighted by molar-refractivity contribution is 7.93. The molecule has 3 aromatic carbocycles. The van der Waals surface area contributed by atoms with Gasteiger partial charge in [-0.25, -0.2) is 8.42 Å². The van der Waals surface area contributed by atoms with Gasteiger partial charge >= 0.3 is 0 Å². The van der Waals surface area contributed by atoms with Crippen LogP contribution in [0.4, 0.5) is 5.69 Å². The van der Waals surface area contributed by atoms with E-state index >= 15 is 0 Å². The van der Waals surface area contributed by atoms with Crippen LogP contribution in [-0.2, 0) is 20.2 Å². The van der Waals surface area contributed by atoms with Gasteiger partial charge < -0.3 is 9.47 Å². The zero-order valence-electron chi connectivity index (χ0n) is 19.8. The molecule has 0 saturated carbocycles. The molecule has 0 aliphatic rings. The lowest BCUT2D eigenvalue weighted by molar-refractivity contribution is -0.119. The minimum absolute atomic E-state index is 0.0204. The van der Waals surface area contributed by atoms with Crippen molar-refractivity contribution in [1.29, 1.82) is 0 Å². The Kier molecular flexibility index (Phi) is 7.58. The van der Waals surface area contributed by atoms with E-state index in [-0.39, 0.29) is 21.0 Å². The van der Waals surface area contributed by atoms with Crippen molar-refractivity contribution in [3.8, 4) is 11.5 Å². The van der Waals surface area contributed by atoms with Crippen LogP contribution < -0.4 is 13.8 Å². The number of aryl methyl sites for hydroxylation is 1. The van der Waals surface area contributed by atoms with Gasteiger partial charge in [0.2, 0.25) is 0 Å². The molecule has 0 aliphatic carbocycles. The molecule has 0 fully saturated rings. The number of anilines is 1. The van der Waals surface area contributed by atoms with Gasteiger partial charge in [-0.05, 0) is 60.4 Å². The number of ether oxygens (including phenoxy) is 2. The van der Waals surface area contributed by atoms with Crippen LogP contribution in [0.1, 0.15) is 31.9 Å². The standard InChI is InChI=1S/C26H28ClNO5S/c1-18-6-13-22(14-7-18)34(30,31)28(20-10-15-24(32-5)23(27)16-20)25(29)17-33-21-11-8-19(9-12-21)26(2,3)4/h6-16H,17H2,1-5H3. The quantitative estimate of drug-likeness (QED) is 0.412. The number of hydrogen-bond acceptors (Lipinski definition) is 5. The number of nitrogens with zero attached hydrogens (tertiary/aromatic N) is 1. The SMILES string of the molecule is COc1ccc(N(C(=O)COc2ccc(C(C)(C)C)cc2)S(=O)(=O)c2ccc(C)cc2)cc1Cl. The van der Waals surface area contributed by atoms with E-state index in [0.717, 1.165) is 11.1 Å². The fourth-order valence-corrected chi connectivity index (χ4v) is 4.92. The third kappa shape index (κ3) is 5.72. The van der Waals surface area contributed by atoms with E-state index in [1.165, 1.54) is 37.4 Å². The van der Waals surface area contributed by atoms with Crippen molar-refractivity contribution < 1.29 is 22.7 Å². The van der Waals surface area contributed by atoms with Gasteiger partial charge in [-0.15, -0.1) is 0 Å². The maximum atomic E-state index is 13.5. The summed E-state index contributed by atoms with van der Waals surface area (Å²) in [4.78, 5) is 13.2. The summed E-state index contributed by atoms with van der Waals surface area (Å²) in [5, 5.41) is 0.176. The van der Waals surface area contributed by atoms with Crippen LogP contribution in [0.15, 0.2) is 71.6 Å². The van der Waals surface area contributed by atoms with E-state index < -0.39 is 22.5 Å². The zero-order chi connectivity index (χ0) is 25.1. The summed E-state index contributed by atoms with van der Waals surface area (Å²) < 4.78 is 38.5. The maximum absolute atomic E-state index is 13.5. The van der Waals surface area contributed by atoms with Crippen LogP contribution >= 0.6 is 11.6 Å². The van der Waals surface area contributed by atoms with E-state index in [1.54, 1.807) is 24.3 Å². The number of carbonyl (C=O) groups excluding carboxylic acids is 1. The molecule has 0 radical (unpaired) electrons. The van der Waals surface area contributed by atoms with Gasteiger partial charge in [0.25, 0.3) is 15.9 Å². The van der Waals surface area contributed by atoms with Crippen LogP contribution in [0.2, 0.25) is 5.02 Å². The van der Waals surface area contributed by atoms with Crippen LogP contribution in [-0.4, -0.2) is 28.0 Å². The van der Waals surface area contributed by atoms with Crippen LogP contribution in [0.3, 0.4) is 0 Å². The second kappa shape index (κ2) is 10.1. The van der Waals surface area contributed by atoms with E-state index in [4.69, 9.17) is 21.1 Å². The van der Waals surface area contributed by atoms with Crippen molar-refractivity contribution in [1.82, 2.24) is 0 Å². The molecule has 0 N–H and O–H groups in total. The third-order valence-corrected chi connectivity index (χ3v) is 7.30. The number of sulfonamides is 1. The molecular weight excluding hydrogens is 474 g/mol. The van der Waals surface area contributed by atoms with Gasteiger partial charge in [-0.2, -0.15) is 4.31 Å². The van der Waals surface area contributed by atoms with Crippen molar-refractivity contribution in [2.24, 2.45) is 0 Å². The molecule has 3 rings (SSSR count). The van der Waals surface area contributed by atoms with E-state index in [2.05, 4.69) is 20.8 Å². The fourth-order valence-electron chi connectivity index (χ4n) is 3.27. The number of amides is 1. The van der Waals surface area contributed by atoms with Crippen molar-refractivity contribution in [3.63, 3.8) is 0 Å².